The third kappa shape index (κ3) is 3.64. The molecule has 4 nitrogen and oxygen atoms in total. The molecule has 1 aliphatic rings. The van der Waals surface area contributed by atoms with Crippen molar-refractivity contribution in [3.8, 4) is 0 Å². The number of hydrogen-bond acceptors (Lipinski definition) is 3. The van der Waals surface area contributed by atoms with E-state index in [0.29, 0.717) is 25.6 Å². The van der Waals surface area contributed by atoms with Crippen LogP contribution >= 0.6 is 0 Å². The number of rotatable bonds is 4. The maximum Gasteiger partial charge on any atom is 0.249 e. The molecule has 4 heteroatoms. The van der Waals surface area contributed by atoms with Crippen molar-refractivity contribution in [2.45, 2.75) is 32.3 Å². The van der Waals surface area contributed by atoms with E-state index in [1.54, 1.807) is 0 Å². The van der Waals surface area contributed by atoms with E-state index in [-0.39, 0.29) is 12.0 Å². The summed E-state index contributed by atoms with van der Waals surface area (Å²) < 4.78 is 5.36. The maximum atomic E-state index is 11.5. The highest BCUT2D eigenvalue weighted by Gasteiger charge is 2.21. The average molecular weight is 200 g/mol. The van der Waals surface area contributed by atoms with E-state index in [9.17, 15) is 4.79 Å². The van der Waals surface area contributed by atoms with Gasteiger partial charge in [0.25, 0.3) is 0 Å². The number of hydrogen-bond donors (Lipinski definition) is 2. The van der Waals surface area contributed by atoms with E-state index in [1.165, 1.54) is 0 Å². The second-order valence-corrected chi connectivity index (χ2v) is 3.94. The molecule has 14 heavy (non-hydrogen) atoms. The fourth-order valence-electron chi connectivity index (χ4n) is 1.42. The Morgan fingerprint density at radius 1 is 1.64 bits per heavy atom. The van der Waals surface area contributed by atoms with Crippen molar-refractivity contribution in [1.82, 2.24) is 5.32 Å². The molecule has 1 aliphatic heterocycles. The molecular weight excluding hydrogens is 180 g/mol. The Kier molecular flexibility index (Phi) is 4.90. The molecule has 0 saturated carbocycles. The lowest BCUT2D eigenvalue weighted by molar-refractivity contribution is -0.135. The van der Waals surface area contributed by atoms with Gasteiger partial charge in [-0.2, -0.15) is 0 Å². The van der Waals surface area contributed by atoms with Crippen LogP contribution in [0.3, 0.4) is 0 Å². The summed E-state index contributed by atoms with van der Waals surface area (Å²) in [5.41, 5.74) is 5.45. The highest BCUT2D eigenvalue weighted by Crippen LogP contribution is 2.12. The van der Waals surface area contributed by atoms with Crippen molar-refractivity contribution in [3.63, 3.8) is 0 Å². The van der Waals surface area contributed by atoms with Gasteiger partial charge in [0, 0.05) is 13.2 Å². The molecule has 2 atom stereocenters. The number of nitrogens with one attached hydrogen (secondary N) is 1. The molecule has 1 heterocycles. The van der Waals surface area contributed by atoms with Crippen LogP contribution in [-0.2, 0) is 9.53 Å². The van der Waals surface area contributed by atoms with Gasteiger partial charge in [-0.15, -0.1) is 0 Å². The topological polar surface area (TPSA) is 64.3 Å². The Hall–Kier alpha value is -0.610. The van der Waals surface area contributed by atoms with Gasteiger partial charge in [-0.3, -0.25) is 4.79 Å². The molecule has 1 amide bonds. The van der Waals surface area contributed by atoms with Crippen LogP contribution in [0.2, 0.25) is 0 Å². The van der Waals surface area contributed by atoms with Gasteiger partial charge in [-0.1, -0.05) is 6.92 Å². The molecule has 1 rings (SSSR count). The smallest absolute Gasteiger partial charge is 0.249 e. The Morgan fingerprint density at radius 2 is 2.43 bits per heavy atom. The van der Waals surface area contributed by atoms with E-state index < -0.39 is 0 Å². The van der Waals surface area contributed by atoms with Gasteiger partial charge >= 0.3 is 0 Å². The van der Waals surface area contributed by atoms with Crippen LogP contribution in [0.4, 0.5) is 0 Å². The van der Waals surface area contributed by atoms with E-state index in [2.05, 4.69) is 5.32 Å². The molecule has 0 spiro atoms. The van der Waals surface area contributed by atoms with Gasteiger partial charge < -0.3 is 15.8 Å². The Balaban J connectivity index is 2.19. The zero-order chi connectivity index (χ0) is 10.4. The summed E-state index contributed by atoms with van der Waals surface area (Å²) in [6, 6.07) is 0. The summed E-state index contributed by atoms with van der Waals surface area (Å²) in [4.78, 5) is 11.5. The standard InChI is InChI=1S/C10H20N2O2/c1-8(6-11)7-12-10(13)9-4-2-3-5-14-9/h8-9H,2-7,11H2,1H3,(H,12,13). The lowest BCUT2D eigenvalue weighted by Crippen LogP contribution is -2.41. The van der Waals surface area contributed by atoms with Crippen molar-refractivity contribution >= 4 is 5.91 Å². The van der Waals surface area contributed by atoms with Gasteiger partial charge in [0.15, 0.2) is 0 Å². The second kappa shape index (κ2) is 5.98. The van der Waals surface area contributed by atoms with Crippen LogP contribution in [0.5, 0.6) is 0 Å². The molecule has 1 saturated heterocycles. The summed E-state index contributed by atoms with van der Waals surface area (Å²) >= 11 is 0. The first kappa shape index (κ1) is 11.5. The predicted molar refractivity (Wildman–Crippen MR) is 54.8 cm³/mol. The minimum Gasteiger partial charge on any atom is -0.368 e. The molecule has 0 aliphatic carbocycles. The van der Waals surface area contributed by atoms with Crippen molar-refractivity contribution < 1.29 is 9.53 Å². The van der Waals surface area contributed by atoms with Crippen LogP contribution in [0, 0.1) is 5.92 Å². The van der Waals surface area contributed by atoms with Crippen molar-refractivity contribution in [3.05, 3.63) is 0 Å². The Morgan fingerprint density at radius 3 is 3.00 bits per heavy atom. The van der Waals surface area contributed by atoms with E-state index in [0.717, 1.165) is 19.3 Å². The molecule has 0 aromatic carbocycles. The minimum absolute atomic E-state index is 0.0185. The molecule has 3 N–H and O–H groups in total. The normalized spacial score (nSPS) is 24.3. The van der Waals surface area contributed by atoms with Gasteiger partial charge in [0.05, 0.1) is 0 Å². The fraction of sp³-hybridized carbons (Fsp3) is 0.900. The summed E-state index contributed by atoms with van der Waals surface area (Å²) in [7, 11) is 0. The number of ether oxygens (including phenoxy) is 1. The van der Waals surface area contributed by atoms with E-state index in [4.69, 9.17) is 10.5 Å². The summed E-state index contributed by atoms with van der Waals surface area (Å²) in [5.74, 6) is 0.354. The average Bonchev–Trinajstić information content (AvgIpc) is 2.26. The number of nitrogens with two attached hydrogens (primary N) is 1. The lowest BCUT2D eigenvalue weighted by atomic mass is 10.1. The van der Waals surface area contributed by atoms with Crippen LogP contribution in [0.1, 0.15) is 26.2 Å². The van der Waals surface area contributed by atoms with Crippen molar-refractivity contribution in [2.24, 2.45) is 11.7 Å². The van der Waals surface area contributed by atoms with Crippen LogP contribution < -0.4 is 11.1 Å². The van der Waals surface area contributed by atoms with Crippen LogP contribution in [0.25, 0.3) is 0 Å². The first-order valence-electron chi connectivity index (χ1n) is 5.33. The predicted octanol–water partition coefficient (Wildman–Crippen LogP) is 0.267. The van der Waals surface area contributed by atoms with Gasteiger partial charge in [0.1, 0.15) is 6.10 Å². The zero-order valence-electron chi connectivity index (χ0n) is 8.79. The molecule has 0 aromatic heterocycles. The second-order valence-electron chi connectivity index (χ2n) is 3.94. The first-order valence-corrected chi connectivity index (χ1v) is 5.33. The fourth-order valence-corrected chi connectivity index (χ4v) is 1.42. The largest absolute Gasteiger partial charge is 0.368 e. The van der Waals surface area contributed by atoms with Gasteiger partial charge in [0.2, 0.25) is 5.91 Å². The summed E-state index contributed by atoms with van der Waals surface area (Å²) in [6.45, 7) is 3.98. The maximum absolute atomic E-state index is 11.5. The first-order chi connectivity index (χ1) is 6.74. The molecular formula is C10H20N2O2. The zero-order valence-corrected chi connectivity index (χ0v) is 8.79. The lowest BCUT2D eigenvalue weighted by Gasteiger charge is -2.22. The van der Waals surface area contributed by atoms with Crippen molar-refractivity contribution in [1.29, 1.82) is 0 Å². The van der Waals surface area contributed by atoms with E-state index >= 15 is 0 Å². The number of amides is 1. The quantitative estimate of drug-likeness (QED) is 0.684. The molecule has 0 aromatic rings. The Bertz CT molecular complexity index is 179. The third-order valence-electron chi connectivity index (χ3n) is 2.50. The van der Waals surface area contributed by atoms with Crippen molar-refractivity contribution in [2.75, 3.05) is 19.7 Å². The highest BCUT2D eigenvalue weighted by atomic mass is 16.5. The van der Waals surface area contributed by atoms with Crippen LogP contribution in [-0.4, -0.2) is 31.7 Å². The summed E-state index contributed by atoms with van der Waals surface area (Å²) in [6.07, 6.45) is 2.78. The van der Waals surface area contributed by atoms with E-state index in [1.807, 2.05) is 6.92 Å². The third-order valence-corrected chi connectivity index (χ3v) is 2.50. The van der Waals surface area contributed by atoms with Crippen LogP contribution in [0.15, 0.2) is 0 Å². The monoisotopic (exact) mass is 200 g/mol. The SMILES string of the molecule is CC(CN)CNC(=O)C1CCCCO1. The number of carbonyl (C=O) groups is 1. The van der Waals surface area contributed by atoms with Gasteiger partial charge in [-0.05, 0) is 31.7 Å². The molecule has 82 valence electrons. The molecule has 2 unspecified atom stereocenters. The molecule has 0 radical (unpaired) electrons. The Labute approximate surface area is 85.2 Å². The number of carbonyl (C=O) groups excluding carboxylic acids is 1. The summed E-state index contributed by atoms with van der Waals surface area (Å²) in [5, 5.41) is 2.86. The molecule has 0 bridgehead atoms. The highest BCUT2D eigenvalue weighted by molar-refractivity contribution is 5.80. The van der Waals surface area contributed by atoms with Gasteiger partial charge in [-0.25, -0.2) is 0 Å². The molecule has 1 fully saturated rings. The minimum atomic E-state index is -0.228.